The van der Waals surface area contributed by atoms with Gasteiger partial charge in [0.1, 0.15) is 0 Å². The summed E-state index contributed by atoms with van der Waals surface area (Å²) in [6.45, 7) is 4.75. The topological polar surface area (TPSA) is 3.24 Å². The molecule has 2 aliphatic rings. The second kappa shape index (κ2) is 15.1. The number of benzene rings is 8. The first-order valence-electron chi connectivity index (χ1n) is 21.1. The Morgan fingerprint density at radius 3 is 1.66 bits per heavy atom. The van der Waals surface area contributed by atoms with Gasteiger partial charge in [-0.3, -0.25) is 0 Å². The monoisotopic (exact) mass is 747 g/mol. The summed E-state index contributed by atoms with van der Waals surface area (Å²) in [4.78, 5) is 2.49. The van der Waals surface area contributed by atoms with E-state index < -0.39 is 0 Å². The van der Waals surface area contributed by atoms with E-state index in [1.165, 1.54) is 110 Å². The highest BCUT2D eigenvalue weighted by molar-refractivity contribution is 5.96. The average molecular weight is 748 g/mol. The van der Waals surface area contributed by atoms with E-state index in [0.717, 1.165) is 11.4 Å². The molecule has 0 spiro atoms. The van der Waals surface area contributed by atoms with Gasteiger partial charge in [0.05, 0.1) is 5.69 Å². The minimum absolute atomic E-state index is 0.111. The highest BCUT2D eigenvalue weighted by Gasteiger charge is 2.36. The van der Waals surface area contributed by atoms with Crippen LogP contribution < -0.4 is 4.90 Å². The van der Waals surface area contributed by atoms with Gasteiger partial charge in [-0.15, -0.1) is 0 Å². The molecule has 0 atom stereocenters. The molecule has 1 saturated carbocycles. The Morgan fingerprint density at radius 1 is 0.397 bits per heavy atom. The number of rotatable bonds is 8. The van der Waals surface area contributed by atoms with Crippen LogP contribution in [0.15, 0.2) is 194 Å². The van der Waals surface area contributed by atoms with E-state index in [0.29, 0.717) is 5.92 Å². The fourth-order valence-corrected chi connectivity index (χ4v) is 9.92. The first kappa shape index (κ1) is 35.9. The molecule has 0 amide bonds. The van der Waals surface area contributed by atoms with Gasteiger partial charge in [0.2, 0.25) is 0 Å². The Bertz CT molecular complexity index is 2660. The summed E-state index contributed by atoms with van der Waals surface area (Å²) in [6.07, 6.45) is 6.60. The number of hydrogen-bond donors (Lipinski definition) is 0. The van der Waals surface area contributed by atoms with Crippen LogP contribution in [0.5, 0.6) is 0 Å². The van der Waals surface area contributed by atoms with Crippen molar-refractivity contribution in [2.24, 2.45) is 0 Å². The molecule has 0 N–H and O–H groups in total. The second-order valence-corrected chi connectivity index (χ2v) is 16.7. The van der Waals surface area contributed by atoms with Crippen LogP contribution in [-0.4, -0.2) is 0 Å². The zero-order chi connectivity index (χ0) is 39.1. The second-order valence-electron chi connectivity index (χ2n) is 16.7. The normalized spacial score (nSPS) is 14.4. The summed E-state index contributed by atoms with van der Waals surface area (Å²) in [5, 5.41) is 0. The SMILES string of the molecule is CC1(C)c2ccccc2-c2ccc(N(c3ccc(-c4c(-c5ccccc5)cccc4-c4ccccc4)cc3)c3ccccc3-c3cccc(C4CCCCC4)c3)cc21. The number of nitrogens with zero attached hydrogens (tertiary/aromatic N) is 1. The van der Waals surface area contributed by atoms with Crippen molar-refractivity contribution in [2.75, 3.05) is 4.90 Å². The van der Waals surface area contributed by atoms with Crippen molar-refractivity contribution in [3.63, 3.8) is 0 Å². The van der Waals surface area contributed by atoms with Crippen LogP contribution >= 0.6 is 0 Å². The summed E-state index contributed by atoms with van der Waals surface area (Å²) in [6, 6.07) is 72.1. The van der Waals surface area contributed by atoms with E-state index in [1.807, 2.05) is 0 Å². The minimum atomic E-state index is -0.111. The number of anilines is 3. The fourth-order valence-electron chi connectivity index (χ4n) is 9.92. The standard InChI is InChI=1S/C57H49N/c1-57(2)53-30-14-12-27-51(53)52-37-36-47(39-54(52)57)58(55-31-15-13-26-48(55)45-25-16-24-44(38-45)40-18-6-3-7-19-40)46-34-32-43(33-35-46)56-49(41-20-8-4-9-21-41)28-17-29-50(56)42-22-10-5-11-23-42/h4-5,8-17,20-40H,3,6-7,18-19H2,1-2H3. The Labute approximate surface area is 344 Å². The van der Waals surface area contributed by atoms with Gasteiger partial charge in [0, 0.05) is 22.4 Å². The van der Waals surface area contributed by atoms with Crippen LogP contribution in [-0.2, 0) is 5.41 Å². The van der Waals surface area contributed by atoms with Gasteiger partial charge in [-0.25, -0.2) is 0 Å². The molecule has 1 heteroatoms. The van der Waals surface area contributed by atoms with E-state index in [-0.39, 0.29) is 5.41 Å². The summed E-state index contributed by atoms with van der Waals surface area (Å²) >= 11 is 0. The number of hydrogen-bond acceptors (Lipinski definition) is 1. The lowest BCUT2D eigenvalue weighted by Gasteiger charge is -2.30. The van der Waals surface area contributed by atoms with Crippen molar-refractivity contribution in [3.05, 3.63) is 211 Å². The maximum atomic E-state index is 2.49. The molecule has 1 nitrogen and oxygen atoms in total. The van der Waals surface area contributed by atoms with Crippen LogP contribution in [0.2, 0.25) is 0 Å². The van der Waals surface area contributed by atoms with Crippen LogP contribution in [0, 0.1) is 0 Å². The molecule has 58 heavy (non-hydrogen) atoms. The largest absolute Gasteiger partial charge is 0.310 e. The lowest BCUT2D eigenvalue weighted by atomic mass is 9.82. The predicted octanol–water partition coefficient (Wildman–Crippen LogP) is 16.2. The van der Waals surface area contributed by atoms with E-state index in [1.54, 1.807) is 0 Å². The molecule has 0 heterocycles. The van der Waals surface area contributed by atoms with Gasteiger partial charge in [0.15, 0.2) is 0 Å². The van der Waals surface area contributed by atoms with Crippen molar-refractivity contribution in [2.45, 2.75) is 57.3 Å². The fraction of sp³-hybridized carbons (Fsp3) is 0.158. The first-order chi connectivity index (χ1) is 28.5. The smallest absolute Gasteiger partial charge is 0.0540 e. The maximum absolute atomic E-state index is 2.49. The van der Waals surface area contributed by atoms with E-state index in [4.69, 9.17) is 0 Å². The summed E-state index contributed by atoms with van der Waals surface area (Å²) in [7, 11) is 0. The Balaban J connectivity index is 1.14. The summed E-state index contributed by atoms with van der Waals surface area (Å²) in [5.41, 5.74) is 20.1. The van der Waals surface area contributed by atoms with Crippen LogP contribution in [0.3, 0.4) is 0 Å². The first-order valence-corrected chi connectivity index (χ1v) is 21.1. The number of fused-ring (bicyclic) bond motifs is 3. The lowest BCUT2D eigenvalue weighted by Crippen LogP contribution is -2.17. The van der Waals surface area contributed by atoms with Gasteiger partial charge >= 0.3 is 0 Å². The zero-order valence-corrected chi connectivity index (χ0v) is 33.5. The molecular formula is C57H49N. The lowest BCUT2D eigenvalue weighted by molar-refractivity contribution is 0.444. The van der Waals surface area contributed by atoms with E-state index >= 15 is 0 Å². The molecule has 0 aliphatic heterocycles. The molecule has 0 unspecified atom stereocenters. The highest BCUT2D eigenvalue weighted by Crippen LogP contribution is 2.52. The quantitative estimate of drug-likeness (QED) is 0.150. The van der Waals surface area contributed by atoms with Crippen molar-refractivity contribution >= 4 is 17.1 Å². The van der Waals surface area contributed by atoms with Gasteiger partial charge in [0.25, 0.3) is 0 Å². The molecule has 10 rings (SSSR count). The van der Waals surface area contributed by atoms with Crippen LogP contribution in [0.25, 0.3) is 55.6 Å². The molecule has 0 bridgehead atoms. The van der Waals surface area contributed by atoms with Gasteiger partial charge in [-0.2, -0.15) is 0 Å². The Kier molecular flexibility index (Phi) is 9.38. The summed E-state index contributed by atoms with van der Waals surface area (Å²) < 4.78 is 0. The average Bonchev–Trinajstić information content (AvgIpc) is 3.53. The van der Waals surface area contributed by atoms with Crippen molar-refractivity contribution in [3.8, 4) is 55.6 Å². The van der Waals surface area contributed by atoms with Gasteiger partial charge in [-0.05, 0) is 116 Å². The molecule has 1 fully saturated rings. The molecule has 0 radical (unpaired) electrons. The summed E-state index contributed by atoms with van der Waals surface area (Å²) in [5.74, 6) is 0.643. The third-order valence-corrected chi connectivity index (χ3v) is 12.9. The molecule has 8 aromatic carbocycles. The third kappa shape index (κ3) is 6.45. The van der Waals surface area contributed by atoms with Crippen molar-refractivity contribution in [1.29, 1.82) is 0 Å². The maximum Gasteiger partial charge on any atom is 0.0540 e. The molecule has 8 aromatic rings. The predicted molar refractivity (Wildman–Crippen MR) is 246 cm³/mol. The van der Waals surface area contributed by atoms with Crippen LogP contribution in [0.1, 0.15) is 68.6 Å². The van der Waals surface area contributed by atoms with Gasteiger partial charge in [-0.1, -0.05) is 197 Å². The molecular weight excluding hydrogens is 699 g/mol. The minimum Gasteiger partial charge on any atom is -0.310 e. The van der Waals surface area contributed by atoms with Crippen molar-refractivity contribution in [1.82, 2.24) is 0 Å². The molecule has 2 aliphatic carbocycles. The zero-order valence-electron chi connectivity index (χ0n) is 33.5. The third-order valence-electron chi connectivity index (χ3n) is 12.9. The van der Waals surface area contributed by atoms with Crippen molar-refractivity contribution < 1.29 is 0 Å². The van der Waals surface area contributed by atoms with E-state index in [2.05, 4.69) is 213 Å². The van der Waals surface area contributed by atoms with E-state index in [9.17, 15) is 0 Å². The highest BCUT2D eigenvalue weighted by atomic mass is 15.1. The number of para-hydroxylation sites is 1. The van der Waals surface area contributed by atoms with Crippen LogP contribution in [0.4, 0.5) is 17.1 Å². The molecule has 0 aromatic heterocycles. The molecule has 282 valence electrons. The Hall–Kier alpha value is -6.44. The Morgan fingerprint density at radius 2 is 0.948 bits per heavy atom. The molecule has 0 saturated heterocycles. The van der Waals surface area contributed by atoms with Gasteiger partial charge < -0.3 is 4.90 Å².